The van der Waals surface area contributed by atoms with Gasteiger partial charge in [-0.3, -0.25) is 4.79 Å². The molecule has 0 spiro atoms. The summed E-state index contributed by atoms with van der Waals surface area (Å²) in [6.45, 7) is 2.77. The minimum Gasteiger partial charge on any atom is -0.504 e. The molecule has 0 aliphatic carbocycles. The second-order valence-corrected chi connectivity index (χ2v) is 6.96. The Labute approximate surface area is 155 Å². The predicted octanol–water partition coefficient (Wildman–Crippen LogP) is 5.07. The molecule has 0 saturated heterocycles. The molecule has 3 rings (SSSR count). The first-order chi connectivity index (χ1) is 12.0. The van der Waals surface area contributed by atoms with E-state index in [0.29, 0.717) is 28.1 Å². The van der Waals surface area contributed by atoms with E-state index in [2.05, 4.69) is 6.92 Å². The highest BCUT2D eigenvalue weighted by Crippen LogP contribution is 2.39. The van der Waals surface area contributed by atoms with Crippen molar-refractivity contribution in [2.24, 2.45) is 0 Å². The summed E-state index contributed by atoms with van der Waals surface area (Å²) in [5, 5.41) is 21.9. The Bertz CT molecular complexity index is 948. The van der Waals surface area contributed by atoms with Crippen molar-refractivity contribution in [1.29, 1.82) is 0 Å². The lowest BCUT2D eigenvalue weighted by Gasteiger charge is -2.08. The average Bonchev–Trinajstić information content (AvgIpc) is 2.88. The smallest absolute Gasteiger partial charge is 0.196 e. The number of halogens is 1. The Morgan fingerprint density at radius 3 is 2.40 bits per heavy atom. The number of aryl methyl sites for hydroxylation is 1. The summed E-state index contributed by atoms with van der Waals surface area (Å²) in [6.07, 6.45) is 2.80. The van der Waals surface area contributed by atoms with Crippen molar-refractivity contribution in [3.8, 4) is 11.5 Å². The quantitative estimate of drug-likeness (QED) is 0.371. The van der Waals surface area contributed by atoms with E-state index in [0.717, 1.165) is 17.0 Å². The minimum atomic E-state index is -0.237. The van der Waals surface area contributed by atoms with Crippen LogP contribution in [0.3, 0.4) is 0 Å². The van der Waals surface area contributed by atoms with E-state index in [1.54, 1.807) is 24.3 Å². The number of phenolic OH excluding ortho intramolecular Hbond substituents is 2. The number of hydrogen-bond donors (Lipinski definition) is 2. The summed E-state index contributed by atoms with van der Waals surface area (Å²) in [5.41, 5.74) is 1.80. The molecule has 2 N–H and O–H groups in total. The Hall–Kier alpha value is -2.11. The van der Waals surface area contributed by atoms with Gasteiger partial charge in [0.15, 0.2) is 17.3 Å². The van der Waals surface area contributed by atoms with E-state index >= 15 is 0 Å². The van der Waals surface area contributed by atoms with Gasteiger partial charge >= 0.3 is 0 Å². The Morgan fingerprint density at radius 2 is 1.80 bits per heavy atom. The van der Waals surface area contributed by atoms with Gasteiger partial charge in [0, 0.05) is 28.6 Å². The number of ketones is 1. The van der Waals surface area contributed by atoms with Crippen LogP contribution in [0.25, 0.3) is 10.9 Å². The van der Waals surface area contributed by atoms with Gasteiger partial charge in [0.05, 0.1) is 16.1 Å². The van der Waals surface area contributed by atoms with Crippen LogP contribution in [0.4, 0.5) is 0 Å². The normalized spacial score (nSPS) is 11.2. The van der Waals surface area contributed by atoms with Crippen molar-refractivity contribution >= 4 is 40.0 Å². The van der Waals surface area contributed by atoms with Gasteiger partial charge in [-0.1, -0.05) is 18.5 Å². The van der Waals surface area contributed by atoms with Gasteiger partial charge in [0.1, 0.15) is 0 Å². The number of thioether (sulfide) groups is 1. The van der Waals surface area contributed by atoms with Gasteiger partial charge in [-0.25, -0.2) is 0 Å². The third-order valence-electron chi connectivity index (χ3n) is 4.09. The van der Waals surface area contributed by atoms with Gasteiger partial charge in [0.25, 0.3) is 0 Å². The summed E-state index contributed by atoms with van der Waals surface area (Å²) in [6, 6.07) is 9.72. The zero-order chi connectivity index (χ0) is 18.1. The minimum absolute atomic E-state index is 0.133. The first-order valence-electron chi connectivity index (χ1n) is 7.90. The van der Waals surface area contributed by atoms with Gasteiger partial charge in [-0.15, -0.1) is 11.8 Å². The molecule has 0 unspecified atom stereocenters. The fourth-order valence-electron chi connectivity index (χ4n) is 2.97. The third-order valence-corrected chi connectivity index (χ3v) is 5.15. The number of hydrogen-bond acceptors (Lipinski definition) is 4. The molecule has 0 fully saturated rings. The molecular weight excluding hydrogens is 358 g/mol. The van der Waals surface area contributed by atoms with Crippen molar-refractivity contribution in [1.82, 2.24) is 4.57 Å². The van der Waals surface area contributed by atoms with E-state index < -0.39 is 0 Å². The lowest BCUT2D eigenvalue weighted by Crippen LogP contribution is -2.04. The number of carbonyl (C=O) groups is 1. The molecule has 0 bridgehead atoms. The van der Waals surface area contributed by atoms with Crippen LogP contribution in [-0.4, -0.2) is 26.8 Å². The van der Waals surface area contributed by atoms with Crippen LogP contribution in [0.5, 0.6) is 11.5 Å². The van der Waals surface area contributed by atoms with Crippen molar-refractivity contribution in [2.75, 3.05) is 6.26 Å². The van der Waals surface area contributed by atoms with Gasteiger partial charge in [0.2, 0.25) is 0 Å². The Morgan fingerprint density at radius 1 is 1.16 bits per heavy atom. The number of aromatic nitrogens is 1. The zero-order valence-electron chi connectivity index (χ0n) is 13.9. The molecule has 0 amide bonds. The van der Waals surface area contributed by atoms with Crippen LogP contribution >= 0.6 is 23.4 Å². The summed E-state index contributed by atoms with van der Waals surface area (Å²) < 4.78 is 2.02. The molecule has 0 radical (unpaired) electrons. The van der Waals surface area contributed by atoms with Gasteiger partial charge in [-0.05, 0) is 43.0 Å². The molecular formula is C19H18ClNO3S. The molecule has 0 aliphatic heterocycles. The highest BCUT2D eigenvalue weighted by atomic mass is 35.5. The average molecular weight is 376 g/mol. The maximum atomic E-state index is 13.2. The second kappa shape index (κ2) is 7.02. The summed E-state index contributed by atoms with van der Waals surface area (Å²) in [5.74, 6) is -0.564. The monoisotopic (exact) mass is 375 g/mol. The highest BCUT2D eigenvalue weighted by Gasteiger charge is 2.24. The van der Waals surface area contributed by atoms with Crippen LogP contribution in [0.2, 0.25) is 5.02 Å². The van der Waals surface area contributed by atoms with E-state index in [9.17, 15) is 15.0 Å². The van der Waals surface area contributed by atoms with Crippen LogP contribution in [0.1, 0.15) is 29.3 Å². The van der Waals surface area contributed by atoms with E-state index in [-0.39, 0.29) is 17.3 Å². The van der Waals surface area contributed by atoms with E-state index in [1.807, 2.05) is 10.8 Å². The summed E-state index contributed by atoms with van der Waals surface area (Å²) in [4.78, 5) is 13.2. The SMILES string of the molecule is CCCn1c(SC)c(C(=O)c2ccc(Cl)cc2)c2cc(O)c(O)cc21. The molecule has 1 heterocycles. The summed E-state index contributed by atoms with van der Waals surface area (Å²) in [7, 11) is 0. The number of nitrogens with zero attached hydrogens (tertiary/aromatic N) is 1. The number of aromatic hydroxyl groups is 2. The fourth-order valence-corrected chi connectivity index (χ4v) is 3.91. The number of fused-ring (bicyclic) bond motifs is 1. The largest absolute Gasteiger partial charge is 0.504 e. The first-order valence-corrected chi connectivity index (χ1v) is 9.50. The van der Waals surface area contributed by atoms with Crippen LogP contribution in [0, 0.1) is 0 Å². The third kappa shape index (κ3) is 3.10. The Balaban J connectivity index is 2.30. The van der Waals surface area contributed by atoms with Gasteiger partial charge < -0.3 is 14.8 Å². The Kier molecular flexibility index (Phi) is 4.97. The molecule has 25 heavy (non-hydrogen) atoms. The fraction of sp³-hybridized carbons (Fsp3) is 0.211. The second-order valence-electron chi connectivity index (χ2n) is 5.73. The van der Waals surface area contributed by atoms with Crippen LogP contribution in [0.15, 0.2) is 41.4 Å². The maximum Gasteiger partial charge on any atom is 0.196 e. The molecule has 3 aromatic rings. The van der Waals surface area contributed by atoms with Crippen molar-refractivity contribution in [2.45, 2.75) is 24.9 Å². The lowest BCUT2D eigenvalue weighted by molar-refractivity contribution is 0.103. The topological polar surface area (TPSA) is 62.5 Å². The number of benzene rings is 2. The van der Waals surface area contributed by atoms with Crippen molar-refractivity contribution in [3.05, 3.63) is 52.5 Å². The molecule has 0 saturated carbocycles. The molecule has 2 aromatic carbocycles. The van der Waals surface area contributed by atoms with Crippen molar-refractivity contribution < 1.29 is 15.0 Å². The molecule has 0 atom stereocenters. The number of rotatable bonds is 5. The molecule has 1 aromatic heterocycles. The molecule has 130 valence electrons. The zero-order valence-corrected chi connectivity index (χ0v) is 15.5. The van der Waals surface area contributed by atoms with Crippen molar-refractivity contribution in [3.63, 3.8) is 0 Å². The van der Waals surface area contributed by atoms with E-state index in [1.165, 1.54) is 23.9 Å². The molecule has 4 nitrogen and oxygen atoms in total. The number of phenols is 2. The number of carbonyl (C=O) groups excluding carboxylic acids is 1. The highest BCUT2D eigenvalue weighted by molar-refractivity contribution is 7.98. The van der Waals surface area contributed by atoms with Crippen LogP contribution in [-0.2, 0) is 6.54 Å². The molecule has 6 heteroatoms. The van der Waals surface area contributed by atoms with E-state index in [4.69, 9.17) is 11.6 Å². The van der Waals surface area contributed by atoms with Gasteiger partial charge in [-0.2, -0.15) is 0 Å². The van der Waals surface area contributed by atoms with Crippen LogP contribution < -0.4 is 0 Å². The maximum absolute atomic E-state index is 13.2. The first kappa shape index (κ1) is 17.7. The predicted molar refractivity (Wildman–Crippen MR) is 102 cm³/mol. The molecule has 0 aliphatic rings. The summed E-state index contributed by atoms with van der Waals surface area (Å²) >= 11 is 7.40. The lowest BCUT2D eigenvalue weighted by atomic mass is 10.0. The standard InChI is InChI=1S/C19H18ClNO3S/c1-3-8-21-14-10-16(23)15(22)9-13(14)17(19(21)25-2)18(24)11-4-6-12(20)7-5-11/h4-7,9-10,22-23H,3,8H2,1-2H3.